The van der Waals surface area contributed by atoms with Crippen molar-refractivity contribution >= 4 is 7.32 Å². The Labute approximate surface area is 194 Å². The van der Waals surface area contributed by atoms with E-state index in [0.29, 0.717) is 0 Å². The molecule has 0 aromatic heterocycles. The van der Waals surface area contributed by atoms with Gasteiger partial charge in [-0.3, -0.25) is 7.32 Å². The molecule has 0 aromatic carbocycles. The standard InChI is InChI=1S/3C8H17N.BO3/c3*1-9(2)8-6-4-3-5-7-8;2-1(3)4/h3*8H,3-7H2,1-2H3;/q;;;-3/p+3. The Hall–Kier alpha value is -0.175. The van der Waals surface area contributed by atoms with E-state index in [0.717, 1.165) is 18.1 Å². The lowest BCUT2D eigenvalue weighted by Gasteiger charge is -2.35. The van der Waals surface area contributed by atoms with Crippen LogP contribution in [-0.2, 0) is 0 Å². The molecule has 0 spiro atoms. The molecule has 0 atom stereocenters. The Morgan fingerprint density at radius 2 is 0.581 bits per heavy atom. The third-order valence-electron chi connectivity index (χ3n) is 7.27. The first-order valence-corrected chi connectivity index (χ1v) is 13.0. The Morgan fingerprint density at radius 3 is 0.677 bits per heavy atom. The summed E-state index contributed by atoms with van der Waals surface area (Å²) in [6.45, 7) is 0. The molecule has 0 aliphatic heterocycles. The summed E-state index contributed by atoms with van der Waals surface area (Å²) in [5.74, 6) is 0. The van der Waals surface area contributed by atoms with E-state index in [9.17, 15) is 0 Å². The predicted molar refractivity (Wildman–Crippen MR) is 125 cm³/mol. The van der Waals surface area contributed by atoms with Crippen LogP contribution in [0.5, 0.6) is 0 Å². The van der Waals surface area contributed by atoms with Crippen LogP contribution in [0, 0.1) is 0 Å². The minimum absolute atomic E-state index is 0.971. The lowest BCUT2D eigenvalue weighted by Crippen LogP contribution is -3.10. The fourth-order valence-electron chi connectivity index (χ4n) is 5.04. The Balaban J connectivity index is 0.000000402. The van der Waals surface area contributed by atoms with E-state index in [-0.39, 0.29) is 0 Å². The lowest BCUT2D eigenvalue weighted by molar-refractivity contribution is -0.887. The van der Waals surface area contributed by atoms with E-state index in [1.54, 1.807) is 14.7 Å². The van der Waals surface area contributed by atoms with E-state index in [1.165, 1.54) is 96.3 Å². The molecule has 3 rings (SSSR count). The van der Waals surface area contributed by atoms with Gasteiger partial charge < -0.3 is 29.8 Å². The average Bonchev–Trinajstić information content (AvgIpc) is 2.76. The van der Waals surface area contributed by atoms with Crippen molar-refractivity contribution in [2.75, 3.05) is 42.3 Å². The second kappa shape index (κ2) is 19.3. The van der Waals surface area contributed by atoms with Crippen molar-refractivity contribution in [2.45, 2.75) is 114 Å². The van der Waals surface area contributed by atoms with Gasteiger partial charge in [-0.1, -0.05) is 19.3 Å². The first-order valence-electron chi connectivity index (χ1n) is 13.0. The van der Waals surface area contributed by atoms with Crippen LogP contribution < -0.4 is 29.8 Å². The molecule has 0 amide bonds. The van der Waals surface area contributed by atoms with Crippen LogP contribution in [-0.4, -0.2) is 67.7 Å². The molecule has 0 heterocycles. The van der Waals surface area contributed by atoms with E-state index in [4.69, 9.17) is 15.1 Å². The molecule has 0 aromatic rings. The predicted octanol–water partition coefficient (Wildman–Crippen LogP) is -2.56. The minimum atomic E-state index is -2.92. The monoisotopic (exact) mass is 443 g/mol. The Morgan fingerprint density at radius 1 is 0.419 bits per heavy atom. The number of quaternary nitrogens is 3. The molecular formula is C24H54BN3O3. The van der Waals surface area contributed by atoms with Gasteiger partial charge in [0.1, 0.15) is 0 Å². The molecule has 6 nitrogen and oxygen atoms in total. The maximum atomic E-state index is 8.42. The zero-order valence-corrected chi connectivity index (χ0v) is 21.6. The molecule has 3 aliphatic rings. The summed E-state index contributed by atoms with van der Waals surface area (Å²) in [4.78, 5) is 4.94. The van der Waals surface area contributed by atoms with Crippen molar-refractivity contribution in [3.8, 4) is 0 Å². The molecule has 0 radical (unpaired) electrons. The molecule has 186 valence electrons. The van der Waals surface area contributed by atoms with Gasteiger partial charge in [0, 0.05) is 0 Å². The van der Waals surface area contributed by atoms with Gasteiger partial charge in [0.15, 0.2) is 0 Å². The van der Waals surface area contributed by atoms with Crippen molar-refractivity contribution in [1.82, 2.24) is 0 Å². The molecule has 3 fully saturated rings. The maximum Gasteiger partial charge on any atom is 0.0870 e. The van der Waals surface area contributed by atoms with E-state index >= 15 is 0 Å². The van der Waals surface area contributed by atoms with E-state index in [1.807, 2.05) is 0 Å². The van der Waals surface area contributed by atoms with E-state index < -0.39 is 7.32 Å². The summed E-state index contributed by atoms with van der Waals surface area (Å²) in [5, 5.41) is 25.2. The highest BCUT2D eigenvalue weighted by atomic mass is 16.5. The molecule has 3 N–H and O–H groups in total. The fraction of sp³-hybridized carbons (Fsp3) is 1.00. The molecular weight excluding hydrogens is 389 g/mol. The van der Waals surface area contributed by atoms with Crippen LogP contribution in [0.3, 0.4) is 0 Å². The number of rotatable bonds is 3. The topological polar surface area (TPSA) is 82.5 Å². The first-order chi connectivity index (χ1) is 14.6. The van der Waals surface area contributed by atoms with Crippen molar-refractivity contribution < 1.29 is 29.8 Å². The van der Waals surface area contributed by atoms with Crippen LogP contribution in [0.25, 0.3) is 0 Å². The summed E-state index contributed by atoms with van der Waals surface area (Å²) in [6.07, 6.45) is 22.0. The first kappa shape index (κ1) is 30.8. The quantitative estimate of drug-likeness (QED) is 0.420. The third kappa shape index (κ3) is 18.0. The molecule has 0 bridgehead atoms. The highest BCUT2D eigenvalue weighted by Crippen LogP contribution is 2.16. The summed E-state index contributed by atoms with van der Waals surface area (Å²) < 4.78 is 0. The van der Waals surface area contributed by atoms with Crippen molar-refractivity contribution in [3.63, 3.8) is 0 Å². The summed E-state index contributed by atoms with van der Waals surface area (Å²) >= 11 is 0. The molecule has 3 aliphatic carbocycles. The second-order valence-corrected chi connectivity index (χ2v) is 10.5. The van der Waals surface area contributed by atoms with Gasteiger partial charge in [0.2, 0.25) is 0 Å². The van der Waals surface area contributed by atoms with Crippen molar-refractivity contribution in [1.29, 1.82) is 0 Å². The highest BCUT2D eigenvalue weighted by Gasteiger charge is 2.18. The molecule has 3 saturated carbocycles. The fourth-order valence-corrected chi connectivity index (χ4v) is 5.04. The number of nitrogens with one attached hydrogen (secondary N) is 3. The van der Waals surface area contributed by atoms with Gasteiger partial charge in [-0.25, -0.2) is 0 Å². The largest absolute Gasteiger partial charge is 0.907 e. The van der Waals surface area contributed by atoms with Crippen molar-refractivity contribution in [3.05, 3.63) is 0 Å². The van der Waals surface area contributed by atoms with Gasteiger partial charge in [0.05, 0.1) is 60.4 Å². The van der Waals surface area contributed by atoms with Crippen molar-refractivity contribution in [2.24, 2.45) is 0 Å². The normalized spacial score (nSPS) is 20.9. The summed E-state index contributed by atoms with van der Waals surface area (Å²) in [5.41, 5.74) is 0. The molecule has 7 heteroatoms. The van der Waals surface area contributed by atoms with Gasteiger partial charge in [-0.2, -0.15) is 0 Å². The SMILES string of the molecule is C[NH+](C)C1CCCCC1.C[NH+](C)C1CCCCC1.C[NH+](C)C1CCCCC1.[O-]B([O-])[O-]. The molecule has 0 unspecified atom stereocenters. The minimum Gasteiger partial charge on any atom is -0.907 e. The van der Waals surface area contributed by atoms with E-state index in [2.05, 4.69) is 42.3 Å². The maximum absolute atomic E-state index is 8.42. The lowest BCUT2D eigenvalue weighted by atomic mass is 9.95. The zero-order valence-electron chi connectivity index (χ0n) is 21.6. The van der Waals surface area contributed by atoms with Gasteiger partial charge >= 0.3 is 0 Å². The highest BCUT2D eigenvalue weighted by molar-refractivity contribution is 6.24. The molecule has 0 saturated heterocycles. The van der Waals surface area contributed by atoms with Gasteiger partial charge in [0.25, 0.3) is 0 Å². The number of hydrogen-bond acceptors (Lipinski definition) is 3. The van der Waals surface area contributed by atoms with Crippen LogP contribution in [0.1, 0.15) is 96.3 Å². The second-order valence-electron chi connectivity index (χ2n) is 10.5. The smallest absolute Gasteiger partial charge is 0.0870 e. The Kier molecular flexibility index (Phi) is 19.2. The van der Waals surface area contributed by atoms with Gasteiger partial charge in [-0.15, -0.1) is 0 Å². The zero-order chi connectivity index (χ0) is 23.6. The summed E-state index contributed by atoms with van der Waals surface area (Å²) in [7, 11) is 10.7. The summed E-state index contributed by atoms with van der Waals surface area (Å²) in [6, 6.07) is 2.91. The molecule has 31 heavy (non-hydrogen) atoms. The van der Waals surface area contributed by atoms with Crippen LogP contribution >= 0.6 is 0 Å². The Bertz CT molecular complexity index is 325. The third-order valence-corrected chi connectivity index (χ3v) is 7.27. The van der Waals surface area contributed by atoms with Gasteiger partial charge in [-0.05, 0) is 77.0 Å². The van der Waals surface area contributed by atoms with Crippen LogP contribution in [0.15, 0.2) is 0 Å². The number of hydrogen-bond donors (Lipinski definition) is 3. The van der Waals surface area contributed by atoms with Crippen LogP contribution in [0.4, 0.5) is 0 Å². The average molecular weight is 444 g/mol. The van der Waals surface area contributed by atoms with Crippen LogP contribution in [0.2, 0.25) is 0 Å².